The van der Waals surface area contributed by atoms with Crippen molar-refractivity contribution < 1.29 is 4.79 Å². The maximum Gasteiger partial charge on any atom is 0.255 e. The summed E-state index contributed by atoms with van der Waals surface area (Å²) in [7, 11) is 0. The van der Waals surface area contributed by atoms with Crippen LogP contribution in [0, 0.1) is 5.92 Å². The molecule has 0 radical (unpaired) electrons. The molecule has 1 atom stereocenters. The third kappa shape index (κ3) is 2.71. The molecule has 4 rings (SSSR count). The molecule has 0 saturated carbocycles. The zero-order valence-corrected chi connectivity index (χ0v) is 13.2. The first-order valence-electron chi connectivity index (χ1n) is 8.16. The summed E-state index contributed by atoms with van der Waals surface area (Å²) in [6.07, 6.45) is 3.02. The van der Waals surface area contributed by atoms with Crippen LogP contribution in [0.5, 0.6) is 0 Å². The highest BCUT2D eigenvalue weighted by molar-refractivity contribution is 5.95. The van der Waals surface area contributed by atoms with E-state index in [-0.39, 0.29) is 17.4 Å². The van der Waals surface area contributed by atoms with Crippen molar-refractivity contribution in [2.24, 2.45) is 5.92 Å². The molecular formula is C20H18N2O2. The molecule has 1 saturated heterocycles. The summed E-state index contributed by atoms with van der Waals surface area (Å²) < 4.78 is 0. The summed E-state index contributed by atoms with van der Waals surface area (Å²) in [5.74, 6) is 0.447. The van der Waals surface area contributed by atoms with Gasteiger partial charge in [-0.3, -0.25) is 9.59 Å². The fourth-order valence-electron chi connectivity index (χ4n) is 3.47. The zero-order valence-electron chi connectivity index (χ0n) is 13.2. The van der Waals surface area contributed by atoms with E-state index >= 15 is 0 Å². The number of carbonyl (C=O) groups excluding carboxylic acids is 1. The smallest absolute Gasteiger partial charge is 0.255 e. The van der Waals surface area contributed by atoms with Crippen LogP contribution in [0.1, 0.15) is 12.0 Å². The minimum atomic E-state index is -0.0669. The summed E-state index contributed by atoms with van der Waals surface area (Å²) in [5.41, 5.74) is 2.00. The molecule has 120 valence electrons. The third-order valence-electron chi connectivity index (χ3n) is 4.64. The molecule has 0 aliphatic carbocycles. The SMILES string of the molecule is O=C1C[C@@H](Cc2ccc3cc[nH]c(=O)c3c2)CN1c1ccccc1. The number of hydrogen-bond acceptors (Lipinski definition) is 2. The van der Waals surface area contributed by atoms with E-state index in [4.69, 9.17) is 0 Å². The van der Waals surface area contributed by atoms with Crippen molar-refractivity contribution in [3.05, 3.63) is 76.7 Å². The topological polar surface area (TPSA) is 53.2 Å². The summed E-state index contributed by atoms with van der Waals surface area (Å²) in [4.78, 5) is 28.8. The molecule has 4 heteroatoms. The van der Waals surface area contributed by atoms with Gasteiger partial charge in [-0.25, -0.2) is 0 Å². The molecule has 2 heterocycles. The van der Waals surface area contributed by atoms with Gasteiger partial charge in [0.05, 0.1) is 0 Å². The average molecular weight is 318 g/mol. The number of aromatic amines is 1. The van der Waals surface area contributed by atoms with Crippen LogP contribution < -0.4 is 10.5 Å². The Morgan fingerprint density at radius 3 is 2.71 bits per heavy atom. The largest absolute Gasteiger partial charge is 0.329 e. The van der Waals surface area contributed by atoms with Crippen molar-refractivity contribution >= 4 is 22.4 Å². The summed E-state index contributed by atoms with van der Waals surface area (Å²) in [6, 6.07) is 17.7. The quantitative estimate of drug-likeness (QED) is 0.806. The van der Waals surface area contributed by atoms with E-state index in [1.54, 1.807) is 6.20 Å². The van der Waals surface area contributed by atoms with Gasteiger partial charge in [-0.15, -0.1) is 0 Å². The van der Waals surface area contributed by atoms with Crippen LogP contribution in [0.25, 0.3) is 10.8 Å². The first kappa shape index (κ1) is 14.7. The second kappa shape index (κ2) is 5.96. The molecule has 1 aliphatic heterocycles. The molecule has 3 aromatic rings. The van der Waals surface area contributed by atoms with E-state index in [0.717, 1.165) is 29.6 Å². The monoisotopic (exact) mass is 318 g/mol. The van der Waals surface area contributed by atoms with Gasteiger partial charge in [-0.1, -0.05) is 30.3 Å². The summed E-state index contributed by atoms with van der Waals surface area (Å²) in [5, 5.41) is 1.65. The fourth-order valence-corrected chi connectivity index (χ4v) is 3.47. The molecule has 4 nitrogen and oxygen atoms in total. The molecule has 0 unspecified atom stereocenters. The van der Waals surface area contributed by atoms with Crippen LogP contribution in [0.15, 0.2) is 65.6 Å². The maximum absolute atomic E-state index is 12.3. The predicted molar refractivity (Wildman–Crippen MR) is 95.2 cm³/mol. The van der Waals surface area contributed by atoms with Gasteiger partial charge in [0.2, 0.25) is 5.91 Å². The number of nitrogens with zero attached hydrogens (tertiary/aromatic N) is 1. The lowest BCUT2D eigenvalue weighted by Crippen LogP contribution is -2.24. The maximum atomic E-state index is 12.3. The Bertz CT molecular complexity index is 947. The predicted octanol–water partition coefficient (Wildman–Crippen LogP) is 3.12. The first-order chi connectivity index (χ1) is 11.7. The van der Waals surface area contributed by atoms with Crippen molar-refractivity contribution in [1.82, 2.24) is 4.98 Å². The minimum absolute atomic E-state index is 0.0669. The van der Waals surface area contributed by atoms with E-state index in [1.165, 1.54) is 0 Å². The van der Waals surface area contributed by atoms with Crippen LogP contribution >= 0.6 is 0 Å². The number of aromatic nitrogens is 1. The number of hydrogen-bond donors (Lipinski definition) is 1. The number of carbonyl (C=O) groups is 1. The van der Waals surface area contributed by atoms with Gasteiger partial charge in [0.15, 0.2) is 0 Å². The molecule has 1 N–H and O–H groups in total. The second-order valence-electron chi connectivity index (χ2n) is 6.34. The molecule has 24 heavy (non-hydrogen) atoms. The number of anilines is 1. The Balaban J connectivity index is 1.55. The van der Waals surface area contributed by atoms with Crippen molar-refractivity contribution in [2.75, 3.05) is 11.4 Å². The molecule has 1 amide bonds. The lowest BCUT2D eigenvalue weighted by Gasteiger charge is -2.16. The molecule has 0 spiro atoms. The van der Waals surface area contributed by atoms with Crippen molar-refractivity contribution in [2.45, 2.75) is 12.8 Å². The van der Waals surface area contributed by atoms with E-state index < -0.39 is 0 Å². The number of pyridine rings is 1. The van der Waals surface area contributed by atoms with Gasteiger partial charge < -0.3 is 9.88 Å². The number of para-hydroxylation sites is 1. The van der Waals surface area contributed by atoms with Gasteiger partial charge in [0.25, 0.3) is 5.56 Å². The van der Waals surface area contributed by atoms with E-state index in [2.05, 4.69) is 11.1 Å². The molecule has 0 bridgehead atoms. The molecular weight excluding hydrogens is 300 g/mol. The van der Waals surface area contributed by atoms with Crippen LogP contribution in [-0.4, -0.2) is 17.4 Å². The van der Waals surface area contributed by atoms with Gasteiger partial charge in [0, 0.05) is 30.2 Å². The van der Waals surface area contributed by atoms with Crippen molar-refractivity contribution in [1.29, 1.82) is 0 Å². The normalized spacial score (nSPS) is 17.6. The van der Waals surface area contributed by atoms with Crippen LogP contribution in [0.2, 0.25) is 0 Å². The highest BCUT2D eigenvalue weighted by atomic mass is 16.2. The third-order valence-corrected chi connectivity index (χ3v) is 4.64. The molecule has 1 aliphatic rings. The summed E-state index contributed by atoms with van der Waals surface area (Å²) >= 11 is 0. The second-order valence-corrected chi connectivity index (χ2v) is 6.34. The Morgan fingerprint density at radius 2 is 1.88 bits per heavy atom. The first-order valence-corrected chi connectivity index (χ1v) is 8.16. The van der Waals surface area contributed by atoms with Gasteiger partial charge in [0.1, 0.15) is 0 Å². The van der Waals surface area contributed by atoms with Crippen LogP contribution in [0.3, 0.4) is 0 Å². The standard InChI is InChI=1S/C20H18N2O2/c23-19-12-15(13-22(19)17-4-2-1-3-5-17)10-14-6-7-16-8-9-21-20(24)18(16)11-14/h1-9,11,15H,10,12-13H2,(H,21,24)/t15-/m1/s1. The summed E-state index contributed by atoms with van der Waals surface area (Å²) in [6.45, 7) is 0.728. The number of H-pyrrole nitrogens is 1. The molecule has 2 aromatic carbocycles. The van der Waals surface area contributed by atoms with Gasteiger partial charge in [-0.05, 0) is 47.6 Å². The van der Waals surface area contributed by atoms with Gasteiger partial charge in [-0.2, -0.15) is 0 Å². The Labute approximate surface area is 139 Å². The zero-order chi connectivity index (χ0) is 16.5. The van der Waals surface area contributed by atoms with E-state index in [1.807, 2.05) is 53.4 Å². The Hall–Kier alpha value is -2.88. The van der Waals surface area contributed by atoms with Crippen molar-refractivity contribution in [3.63, 3.8) is 0 Å². The molecule has 1 fully saturated rings. The Kier molecular flexibility index (Phi) is 3.65. The number of nitrogens with one attached hydrogen (secondary N) is 1. The number of amides is 1. The average Bonchev–Trinajstić information content (AvgIpc) is 2.97. The number of rotatable bonds is 3. The molecule has 1 aromatic heterocycles. The fraction of sp³-hybridized carbons (Fsp3) is 0.200. The Morgan fingerprint density at radius 1 is 1.04 bits per heavy atom. The lowest BCUT2D eigenvalue weighted by atomic mass is 9.97. The highest BCUT2D eigenvalue weighted by Gasteiger charge is 2.30. The number of fused-ring (bicyclic) bond motifs is 1. The highest BCUT2D eigenvalue weighted by Crippen LogP contribution is 2.27. The van der Waals surface area contributed by atoms with Gasteiger partial charge >= 0.3 is 0 Å². The lowest BCUT2D eigenvalue weighted by molar-refractivity contribution is -0.117. The van der Waals surface area contributed by atoms with Crippen LogP contribution in [-0.2, 0) is 11.2 Å². The van der Waals surface area contributed by atoms with Crippen LogP contribution in [0.4, 0.5) is 5.69 Å². The minimum Gasteiger partial charge on any atom is -0.329 e. The van der Waals surface area contributed by atoms with E-state index in [0.29, 0.717) is 11.8 Å². The number of benzene rings is 2. The van der Waals surface area contributed by atoms with E-state index in [9.17, 15) is 9.59 Å². The van der Waals surface area contributed by atoms with Crippen molar-refractivity contribution in [3.8, 4) is 0 Å².